The Kier molecular flexibility index (Phi) is 1.33. The van der Waals surface area contributed by atoms with Gasteiger partial charge in [-0.05, 0) is 6.42 Å². The third-order valence-electron chi connectivity index (χ3n) is 1.80. The SMILES string of the molecule is C=CC1CC1(N)C(N)=S. The minimum atomic E-state index is -0.392. The van der Waals surface area contributed by atoms with Gasteiger partial charge in [-0.2, -0.15) is 0 Å². The largest absolute Gasteiger partial charge is 0.392 e. The zero-order chi connectivity index (χ0) is 7.07. The quantitative estimate of drug-likeness (QED) is 0.427. The first-order chi connectivity index (χ1) is 4.11. The smallest absolute Gasteiger partial charge is 0.0935 e. The Morgan fingerprint density at radius 2 is 2.44 bits per heavy atom. The van der Waals surface area contributed by atoms with Gasteiger partial charge < -0.3 is 11.5 Å². The van der Waals surface area contributed by atoms with Crippen molar-refractivity contribution in [3.63, 3.8) is 0 Å². The van der Waals surface area contributed by atoms with E-state index in [2.05, 4.69) is 6.58 Å². The highest BCUT2D eigenvalue weighted by molar-refractivity contribution is 7.80. The number of hydrogen-bond acceptors (Lipinski definition) is 2. The second-order valence-corrected chi connectivity index (χ2v) is 2.89. The molecule has 0 saturated heterocycles. The molecule has 50 valence electrons. The van der Waals surface area contributed by atoms with Crippen molar-refractivity contribution in [3.8, 4) is 0 Å². The maximum Gasteiger partial charge on any atom is 0.0935 e. The predicted octanol–water partition coefficient (Wildman–Crippen LogP) is 0.176. The average Bonchev–Trinajstić information content (AvgIpc) is 2.44. The maximum atomic E-state index is 5.71. The number of thiocarbonyl (C=S) groups is 1. The normalized spacial score (nSPS) is 39.9. The molecule has 1 saturated carbocycles. The summed E-state index contributed by atoms with van der Waals surface area (Å²) in [6, 6.07) is 0. The van der Waals surface area contributed by atoms with E-state index in [9.17, 15) is 0 Å². The summed E-state index contributed by atoms with van der Waals surface area (Å²) >= 11 is 4.74. The predicted molar refractivity (Wildman–Crippen MR) is 42.0 cm³/mol. The Balaban J connectivity index is 2.62. The summed E-state index contributed by atoms with van der Waals surface area (Å²) in [6.07, 6.45) is 2.67. The van der Waals surface area contributed by atoms with E-state index in [1.807, 2.05) is 0 Å². The summed E-state index contributed by atoms with van der Waals surface area (Å²) in [6.45, 7) is 3.61. The minimum Gasteiger partial charge on any atom is -0.392 e. The van der Waals surface area contributed by atoms with Crippen LogP contribution in [0.3, 0.4) is 0 Å². The second kappa shape index (κ2) is 1.78. The lowest BCUT2D eigenvalue weighted by molar-refractivity contribution is 0.851. The van der Waals surface area contributed by atoms with E-state index in [0.29, 0.717) is 10.9 Å². The van der Waals surface area contributed by atoms with E-state index >= 15 is 0 Å². The molecule has 0 aromatic heterocycles. The molecule has 3 heteroatoms. The van der Waals surface area contributed by atoms with Crippen molar-refractivity contribution in [2.45, 2.75) is 12.0 Å². The van der Waals surface area contributed by atoms with Crippen LogP contribution in [0, 0.1) is 5.92 Å². The van der Waals surface area contributed by atoms with Crippen LogP contribution in [0.2, 0.25) is 0 Å². The van der Waals surface area contributed by atoms with Gasteiger partial charge in [-0.15, -0.1) is 6.58 Å². The molecule has 2 atom stereocenters. The Labute approximate surface area is 59.9 Å². The Morgan fingerprint density at radius 3 is 2.56 bits per heavy atom. The number of rotatable bonds is 2. The zero-order valence-electron chi connectivity index (χ0n) is 5.13. The summed E-state index contributed by atoms with van der Waals surface area (Å²) < 4.78 is 0. The Hall–Kier alpha value is -0.410. The van der Waals surface area contributed by atoms with E-state index in [1.54, 1.807) is 6.08 Å². The molecule has 0 radical (unpaired) electrons. The van der Waals surface area contributed by atoms with Gasteiger partial charge in [-0.1, -0.05) is 18.3 Å². The van der Waals surface area contributed by atoms with Crippen molar-refractivity contribution in [1.29, 1.82) is 0 Å². The molecule has 0 spiro atoms. The Morgan fingerprint density at radius 1 is 1.89 bits per heavy atom. The van der Waals surface area contributed by atoms with Crippen molar-refractivity contribution in [2.24, 2.45) is 17.4 Å². The van der Waals surface area contributed by atoms with Crippen LogP contribution in [0.5, 0.6) is 0 Å². The van der Waals surface area contributed by atoms with Gasteiger partial charge in [0.2, 0.25) is 0 Å². The highest BCUT2D eigenvalue weighted by Crippen LogP contribution is 2.41. The van der Waals surface area contributed by atoms with Gasteiger partial charge in [-0.25, -0.2) is 0 Å². The first-order valence-electron chi connectivity index (χ1n) is 2.82. The molecule has 2 nitrogen and oxygen atoms in total. The zero-order valence-corrected chi connectivity index (χ0v) is 5.95. The van der Waals surface area contributed by atoms with Gasteiger partial charge in [0, 0.05) is 5.92 Å². The van der Waals surface area contributed by atoms with Crippen LogP contribution in [0.25, 0.3) is 0 Å². The molecule has 1 fully saturated rings. The topological polar surface area (TPSA) is 52.0 Å². The van der Waals surface area contributed by atoms with Gasteiger partial charge in [-0.3, -0.25) is 0 Å². The van der Waals surface area contributed by atoms with Crippen LogP contribution in [0.4, 0.5) is 0 Å². The van der Waals surface area contributed by atoms with E-state index in [4.69, 9.17) is 23.7 Å². The summed E-state index contributed by atoms with van der Waals surface area (Å²) in [7, 11) is 0. The van der Waals surface area contributed by atoms with E-state index in [0.717, 1.165) is 6.42 Å². The second-order valence-electron chi connectivity index (χ2n) is 2.45. The molecule has 1 aliphatic rings. The monoisotopic (exact) mass is 142 g/mol. The molecular weight excluding hydrogens is 132 g/mol. The molecular formula is C6H10N2S. The fourth-order valence-corrected chi connectivity index (χ4v) is 1.12. The highest BCUT2D eigenvalue weighted by atomic mass is 32.1. The summed E-state index contributed by atoms with van der Waals surface area (Å²) in [4.78, 5) is 0.410. The standard InChI is InChI=1S/C6H10N2S/c1-2-4-3-6(4,8)5(7)9/h2,4H,1,3,8H2,(H2,7,9). The fraction of sp³-hybridized carbons (Fsp3) is 0.500. The molecule has 0 amide bonds. The van der Waals surface area contributed by atoms with E-state index in [-0.39, 0.29) is 0 Å². The molecule has 0 aliphatic heterocycles. The molecule has 0 aromatic rings. The molecule has 2 unspecified atom stereocenters. The number of hydrogen-bond donors (Lipinski definition) is 2. The van der Waals surface area contributed by atoms with E-state index in [1.165, 1.54) is 0 Å². The van der Waals surface area contributed by atoms with Crippen molar-refractivity contribution in [3.05, 3.63) is 12.7 Å². The molecule has 1 aliphatic carbocycles. The lowest BCUT2D eigenvalue weighted by Gasteiger charge is -2.04. The van der Waals surface area contributed by atoms with Gasteiger partial charge in [0.1, 0.15) is 0 Å². The molecule has 4 N–H and O–H groups in total. The van der Waals surface area contributed by atoms with Crippen LogP contribution in [-0.2, 0) is 0 Å². The van der Waals surface area contributed by atoms with Gasteiger partial charge in [0.05, 0.1) is 10.5 Å². The lowest BCUT2D eigenvalue weighted by atomic mass is 10.2. The van der Waals surface area contributed by atoms with E-state index < -0.39 is 5.54 Å². The molecule has 0 heterocycles. The summed E-state index contributed by atoms with van der Waals surface area (Å²) in [5, 5.41) is 0. The summed E-state index contributed by atoms with van der Waals surface area (Å²) in [5.74, 6) is 0.315. The lowest BCUT2D eigenvalue weighted by Crippen LogP contribution is -2.39. The van der Waals surface area contributed by atoms with Gasteiger partial charge in [0.25, 0.3) is 0 Å². The molecule has 0 bridgehead atoms. The van der Waals surface area contributed by atoms with Crippen LogP contribution in [0.15, 0.2) is 12.7 Å². The van der Waals surface area contributed by atoms with Crippen LogP contribution >= 0.6 is 12.2 Å². The molecule has 0 aromatic carbocycles. The summed E-state index contributed by atoms with van der Waals surface area (Å²) in [5.41, 5.74) is 10.7. The fourth-order valence-electron chi connectivity index (χ4n) is 0.882. The Bertz CT molecular complexity index is 166. The van der Waals surface area contributed by atoms with Crippen LogP contribution < -0.4 is 11.5 Å². The third kappa shape index (κ3) is 0.862. The number of nitrogens with two attached hydrogens (primary N) is 2. The van der Waals surface area contributed by atoms with Crippen molar-refractivity contribution in [2.75, 3.05) is 0 Å². The van der Waals surface area contributed by atoms with Crippen molar-refractivity contribution < 1.29 is 0 Å². The highest BCUT2D eigenvalue weighted by Gasteiger charge is 2.51. The van der Waals surface area contributed by atoms with Gasteiger partial charge in [0.15, 0.2) is 0 Å². The first-order valence-corrected chi connectivity index (χ1v) is 3.23. The molecule has 9 heavy (non-hydrogen) atoms. The minimum absolute atomic E-state index is 0.315. The maximum absolute atomic E-state index is 5.71. The first kappa shape index (κ1) is 6.71. The van der Waals surface area contributed by atoms with Crippen molar-refractivity contribution >= 4 is 17.2 Å². The molecule has 1 rings (SSSR count). The van der Waals surface area contributed by atoms with Crippen LogP contribution in [-0.4, -0.2) is 10.5 Å². The van der Waals surface area contributed by atoms with Crippen LogP contribution in [0.1, 0.15) is 6.42 Å². The average molecular weight is 142 g/mol. The third-order valence-corrected chi connectivity index (χ3v) is 2.18. The van der Waals surface area contributed by atoms with Gasteiger partial charge >= 0.3 is 0 Å². The van der Waals surface area contributed by atoms with Crippen molar-refractivity contribution in [1.82, 2.24) is 0 Å².